The van der Waals surface area contributed by atoms with Crippen molar-refractivity contribution in [3.8, 4) is 11.3 Å². The second-order valence-electron chi connectivity index (χ2n) is 7.79. The molecule has 0 unspecified atom stereocenters. The van der Waals surface area contributed by atoms with Crippen molar-refractivity contribution in [2.75, 3.05) is 10.6 Å². The number of nitrogens with zero attached hydrogens (tertiary/aromatic N) is 4. The average Bonchev–Trinajstić information content (AvgIpc) is 3.19. The number of aryl methyl sites for hydroxylation is 2. The predicted octanol–water partition coefficient (Wildman–Crippen LogP) is 5.33. The summed E-state index contributed by atoms with van der Waals surface area (Å²) in [5.41, 5.74) is 5.84. The van der Waals surface area contributed by atoms with Gasteiger partial charge in [-0.1, -0.05) is 24.3 Å². The van der Waals surface area contributed by atoms with Gasteiger partial charge in [-0.15, -0.1) is 0 Å². The maximum Gasteiger partial charge on any atom is 0.257 e. The van der Waals surface area contributed by atoms with Crippen molar-refractivity contribution >= 4 is 34.1 Å². The Morgan fingerprint density at radius 2 is 1.88 bits per heavy atom. The van der Waals surface area contributed by atoms with E-state index in [2.05, 4.69) is 25.6 Å². The molecule has 0 radical (unpaired) electrons. The third-order valence-electron chi connectivity index (χ3n) is 5.50. The Morgan fingerprint density at radius 1 is 1.00 bits per heavy atom. The first-order chi connectivity index (χ1) is 16.1. The minimum absolute atomic E-state index is 0.156. The number of para-hydroxylation sites is 1. The van der Waals surface area contributed by atoms with Gasteiger partial charge in [0.05, 0.1) is 11.3 Å². The molecule has 0 saturated heterocycles. The molecule has 0 fully saturated rings. The summed E-state index contributed by atoms with van der Waals surface area (Å²) in [6.07, 6.45) is 7.05. The van der Waals surface area contributed by atoms with Crippen molar-refractivity contribution in [3.63, 3.8) is 0 Å². The van der Waals surface area contributed by atoms with Crippen LogP contribution in [0.25, 0.3) is 22.2 Å². The van der Waals surface area contributed by atoms with Crippen molar-refractivity contribution in [3.05, 3.63) is 96.6 Å². The van der Waals surface area contributed by atoms with Crippen LogP contribution in [0.1, 0.15) is 15.9 Å². The van der Waals surface area contributed by atoms with Crippen LogP contribution in [0.5, 0.6) is 0 Å². The average molecular weight is 435 g/mol. The first-order valence-electron chi connectivity index (χ1n) is 10.5. The van der Waals surface area contributed by atoms with Crippen LogP contribution < -0.4 is 10.6 Å². The van der Waals surface area contributed by atoms with E-state index in [1.54, 1.807) is 18.6 Å². The molecule has 3 aromatic heterocycles. The molecule has 1 amide bonds. The molecule has 2 N–H and O–H groups in total. The lowest BCUT2D eigenvalue weighted by atomic mass is 10.1. The summed E-state index contributed by atoms with van der Waals surface area (Å²) in [6, 6.07) is 19.2. The van der Waals surface area contributed by atoms with Crippen LogP contribution in [0.15, 0.2) is 85.5 Å². The summed E-state index contributed by atoms with van der Waals surface area (Å²) in [6.45, 7) is 1.99. The minimum atomic E-state index is -0.156. The molecule has 7 nitrogen and oxygen atoms in total. The van der Waals surface area contributed by atoms with Crippen molar-refractivity contribution < 1.29 is 4.79 Å². The highest BCUT2D eigenvalue weighted by atomic mass is 16.1. The number of rotatable bonds is 5. The summed E-state index contributed by atoms with van der Waals surface area (Å²) < 4.78 is 1.96. The summed E-state index contributed by atoms with van der Waals surface area (Å²) in [4.78, 5) is 26.1. The van der Waals surface area contributed by atoms with Crippen molar-refractivity contribution in [2.24, 2.45) is 7.05 Å². The molecule has 0 atom stereocenters. The third kappa shape index (κ3) is 4.16. The zero-order valence-corrected chi connectivity index (χ0v) is 18.3. The van der Waals surface area contributed by atoms with Gasteiger partial charge in [-0.05, 0) is 48.9 Å². The molecule has 162 valence electrons. The molecule has 5 rings (SSSR count). The smallest absolute Gasteiger partial charge is 0.257 e. The number of hydrogen-bond donors (Lipinski definition) is 2. The number of amides is 1. The molecule has 0 aliphatic heterocycles. The van der Waals surface area contributed by atoms with Crippen LogP contribution in [0.3, 0.4) is 0 Å². The van der Waals surface area contributed by atoms with Crippen LogP contribution in [0.4, 0.5) is 17.3 Å². The van der Waals surface area contributed by atoms with Crippen LogP contribution >= 0.6 is 0 Å². The van der Waals surface area contributed by atoms with Gasteiger partial charge in [0.1, 0.15) is 0 Å². The Kier molecular flexibility index (Phi) is 5.28. The molecule has 0 aliphatic rings. The second kappa shape index (κ2) is 8.55. The van der Waals surface area contributed by atoms with E-state index in [1.807, 2.05) is 85.4 Å². The van der Waals surface area contributed by atoms with Crippen LogP contribution in [-0.2, 0) is 7.05 Å². The largest absolute Gasteiger partial charge is 0.350 e. The van der Waals surface area contributed by atoms with Gasteiger partial charge < -0.3 is 15.2 Å². The van der Waals surface area contributed by atoms with Gasteiger partial charge in [0.25, 0.3) is 5.91 Å². The highest BCUT2D eigenvalue weighted by Crippen LogP contribution is 2.26. The van der Waals surface area contributed by atoms with E-state index < -0.39 is 0 Å². The highest BCUT2D eigenvalue weighted by Gasteiger charge is 2.14. The fourth-order valence-corrected chi connectivity index (χ4v) is 3.77. The Bertz CT molecular complexity index is 1460. The lowest BCUT2D eigenvalue weighted by Gasteiger charge is -2.12. The number of aromatic nitrogens is 4. The standard InChI is InChI=1S/C26H22N6O/c1-17-9-10-19(29-25(33)21-16-32(2)24-8-4-3-7-20(21)24)14-23(17)31-26-28-13-11-22(30-26)18-6-5-12-27-15-18/h3-16H,1-2H3,(H,29,33)(H,28,30,31). The zero-order chi connectivity index (χ0) is 22.8. The van der Waals surface area contributed by atoms with E-state index in [9.17, 15) is 4.79 Å². The van der Waals surface area contributed by atoms with Crippen LogP contribution in [-0.4, -0.2) is 25.4 Å². The third-order valence-corrected chi connectivity index (χ3v) is 5.50. The maximum atomic E-state index is 13.0. The molecule has 0 aliphatic carbocycles. The fourth-order valence-electron chi connectivity index (χ4n) is 3.77. The van der Waals surface area contributed by atoms with Crippen molar-refractivity contribution in [1.29, 1.82) is 0 Å². The topological polar surface area (TPSA) is 84.7 Å². The van der Waals surface area contributed by atoms with Crippen molar-refractivity contribution in [1.82, 2.24) is 19.5 Å². The van der Waals surface area contributed by atoms with E-state index in [0.717, 1.165) is 33.4 Å². The highest BCUT2D eigenvalue weighted by molar-refractivity contribution is 6.13. The minimum Gasteiger partial charge on any atom is -0.350 e. The van der Waals surface area contributed by atoms with Gasteiger partial charge >= 0.3 is 0 Å². The van der Waals surface area contributed by atoms with E-state index in [4.69, 9.17) is 0 Å². The Hall–Kier alpha value is -4.52. The van der Waals surface area contributed by atoms with Gasteiger partial charge in [-0.25, -0.2) is 9.97 Å². The van der Waals surface area contributed by atoms with E-state index >= 15 is 0 Å². The second-order valence-corrected chi connectivity index (χ2v) is 7.79. The molecule has 7 heteroatoms. The Labute approximate surface area is 191 Å². The quantitative estimate of drug-likeness (QED) is 0.390. The number of nitrogens with one attached hydrogen (secondary N) is 2. The summed E-state index contributed by atoms with van der Waals surface area (Å²) in [5, 5.41) is 7.20. The number of hydrogen-bond acceptors (Lipinski definition) is 5. The molecule has 0 bridgehead atoms. The summed E-state index contributed by atoms with van der Waals surface area (Å²) in [7, 11) is 1.94. The molecule has 3 heterocycles. The first-order valence-corrected chi connectivity index (χ1v) is 10.5. The zero-order valence-electron chi connectivity index (χ0n) is 18.3. The number of carbonyl (C=O) groups is 1. The maximum absolute atomic E-state index is 13.0. The van der Waals surface area contributed by atoms with E-state index in [-0.39, 0.29) is 5.91 Å². The number of fused-ring (bicyclic) bond motifs is 1. The van der Waals surface area contributed by atoms with Crippen LogP contribution in [0.2, 0.25) is 0 Å². The van der Waals surface area contributed by atoms with Gasteiger partial charge in [-0.3, -0.25) is 9.78 Å². The fraction of sp³-hybridized carbons (Fsp3) is 0.0769. The predicted molar refractivity (Wildman–Crippen MR) is 131 cm³/mol. The molecule has 33 heavy (non-hydrogen) atoms. The lowest BCUT2D eigenvalue weighted by Crippen LogP contribution is -2.12. The SMILES string of the molecule is Cc1ccc(NC(=O)c2cn(C)c3ccccc23)cc1Nc1nccc(-c2cccnc2)n1. The first kappa shape index (κ1) is 20.4. The van der Waals surface area contributed by atoms with E-state index in [1.165, 1.54) is 0 Å². The van der Waals surface area contributed by atoms with Crippen molar-refractivity contribution in [2.45, 2.75) is 6.92 Å². The molecule has 2 aromatic carbocycles. The number of anilines is 3. The van der Waals surface area contributed by atoms with Gasteiger partial charge in [0, 0.05) is 59.7 Å². The molecular weight excluding hydrogens is 412 g/mol. The molecule has 0 saturated carbocycles. The van der Waals surface area contributed by atoms with Gasteiger partial charge in [-0.2, -0.15) is 0 Å². The Balaban J connectivity index is 1.39. The molecule has 5 aromatic rings. The molecule has 0 spiro atoms. The van der Waals surface area contributed by atoms with Gasteiger partial charge in [0.2, 0.25) is 5.95 Å². The number of carbonyl (C=O) groups excluding carboxylic acids is 1. The number of pyridine rings is 1. The van der Waals surface area contributed by atoms with Gasteiger partial charge in [0.15, 0.2) is 0 Å². The summed E-state index contributed by atoms with van der Waals surface area (Å²) >= 11 is 0. The Morgan fingerprint density at radius 3 is 2.73 bits per heavy atom. The monoisotopic (exact) mass is 434 g/mol. The number of benzene rings is 2. The normalized spacial score (nSPS) is 10.8. The van der Waals surface area contributed by atoms with Crippen LogP contribution in [0, 0.1) is 6.92 Å². The molecular formula is C26H22N6O. The summed E-state index contributed by atoms with van der Waals surface area (Å²) in [5.74, 6) is 0.313. The lowest BCUT2D eigenvalue weighted by molar-refractivity contribution is 0.102. The van der Waals surface area contributed by atoms with E-state index in [0.29, 0.717) is 17.2 Å².